The van der Waals surface area contributed by atoms with Gasteiger partial charge in [0, 0.05) is 32.7 Å². The van der Waals surface area contributed by atoms with Gasteiger partial charge in [0.1, 0.15) is 6.10 Å². The summed E-state index contributed by atoms with van der Waals surface area (Å²) in [6.07, 6.45) is 3.16. The first-order chi connectivity index (χ1) is 15.4. The van der Waals surface area contributed by atoms with Crippen LogP contribution in [0.3, 0.4) is 0 Å². The summed E-state index contributed by atoms with van der Waals surface area (Å²) in [5.41, 5.74) is 2.08. The number of rotatable bonds is 4. The van der Waals surface area contributed by atoms with E-state index in [-0.39, 0.29) is 24.3 Å². The second kappa shape index (κ2) is 10.0. The van der Waals surface area contributed by atoms with Crippen LogP contribution in [0.5, 0.6) is 0 Å². The van der Waals surface area contributed by atoms with Crippen LogP contribution in [0.15, 0.2) is 36.5 Å². The summed E-state index contributed by atoms with van der Waals surface area (Å²) >= 11 is 6.07. The molecule has 2 saturated heterocycles. The molecule has 0 aliphatic carbocycles. The summed E-state index contributed by atoms with van der Waals surface area (Å²) in [4.78, 5) is 28.3. The normalized spacial score (nSPS) is 22.8. The van der Waals surface area contributed by atoms with E-state index in [1.807, 2.05) is 17.9 Å². The number of halogens is 1. The zero-order valence-electron chi connectivity index (χ0n) is 19.1. The molecular formula is C24H32ClN5O2. The van der Waals surface area contributed by atoms with Crippen LogP contribution >= 0.6 is 11.6 Å². The van der Waals surface area contributed by atoms with Crippen molar-refractivity contribution in [2.45, 2.75) is 58.3 Å². The summed E-state index contributed by atoms with van der Waals surface area (Å²) < 4.78 is 5.94. The highest BCUT2D eigenvalue weighted by atomic mass is 35.5. The number of likely N-dealkylation sites (tertiary alicyclic amines) is 1. The van der Waals surface area contributed by atoms with E-state index in [0.29, 0.717) is 24.1 Å². The van der Waals surface area contributed by atoms with Gasteiger partial charge in [-0.2, -0.15) is 0 Å². The summed E-state index contributed by atoms with van der Waals surface area (Å²) in [6.45, 7) is 10.1. The Kier molecular flexibility index (Phi) is 7.16. The smallest absolute Gasteiger partial charge is 0.410 e. The second-order valence-corrected chi connectivity index (χ2v) is 9.37. The molecule has 1 amide bonds. The minimum absolute atomic E-state index is 0.00371. The number of aryl methyl sites for hydroxylation is 1. The number of piperidine rings is 1. The lowest BCUT2D eigenvalue weighted by molar-refractivity contribution is 0.00995. The first-order valence-corrected chi connectivity index (χ1v) is 11.8. The molecule has 0 saturated carbocycles. The predicted octanol–water partition coefficient (Wildman–Crippen LogP) is 4.14. The third-order valence-electron chi connectivity index (χ3n) is 6.37. The molecule has 1 aromatic heterocycles. The summed E-state index contributed by atoms with van der Waals surface area (Å²) in [6, 6.07) is 10.5. The molecule has 2 aromatic rings. The van der Waals surface area contributed by atoms with Crippen molar-refractivity contribution in [3.8, 4) is 0 Å². The highest BCUT2D eigenvalue weighted by Crippen LogP contribution is 2.24. The number of hydrogen-bond acceptors (Lipinski definition) is 6. The van der Waals surface area contributed by atoms with Gasteiger partial charge in [0.05, 0.1) is 29.0 Å². The van der Waals surface area contributed by atoms with Gasteiger partial charge in [-0.3, -0.25) is 9.80 Å². The number of carbonyl (C=O) groups excluding carboxylic acids is 1. The van der Waals surface area contributed by atoms with Gasteiger partial charge in [-0.05, 0) is 39.2 Å². The lowest BCUT2D eigenvalue weighted by Gasteiger charge is -2.44. The number of benzene rings is 1. The van der Waals surface area contributed by atoms with Crippen molar-refractivity contribution in [3.63, 3.8) is 0 Å². The number of amides is 1. The van der Waals surface area contributed by atoms with Crippen LogP contribution < -0.4 is 4.90 Å². The minimum Gasteiger partial charge on any atom is -0.446 e. The Morgan fingerprint density at radius 3 is 2.41 bits per heavy atom. The van der Waals surface area contributed by atoms with Gasteiger partial charge in [0.15, 0.2) is 0 Å². The molecule has 4 rings (SSSR count). The van der Waals surface area contributed by atoms with Gasteiger partial charge in [-0.1, -0.05) is 41.9 Å². The fourth-order valence-electron chi connectivity index (χ4n) is 4.67. The largest absolute Gasteiger partial charge is 0.446 e. The average Bonchev–Trinajstić information content (AvgIpc) is 2.77. The van der Waals surface area contributed by atoms with Crippen LogP contribution in [0.1, 0.15) is 37.9 Å². The number of hydrogen-bond donors (Lipinski definition) is 0. The number of carbonyl (C=O) groups is 1. The number of anilines is 1. The third kappa shape index (κ3) is 5.33. The van der Waals surface area contributed by atoms with Gasteiger partial charge in [0.2, 0.25) is 5.95 Å². The van der Waals surface area contributed by atoms with Crippen molar-refractivity contribution in [2.75, 3.05) is 31.1 Å². The molecule has 8 heteroatoms. The summed E-state index contributed by atoms with van der Waals surface area (Å²) in [5.74, 6) is 0.657. The quantitative estimate of drug-likeness (QED) is 0.687. The minimum atomic E-state index is -0.209. The molecule has 32 heavy (non-hydrogen) atoms. The molecule has 2 aliphatic rings. The lowest BCUT2D eigenvalue weighted by Crippen LogP contribution is -2.59. The highest BCUT2D eigenvalue weighted by molar-refractivity contribution is 6.31. The van der Waals surface area contributed by atoms with Gasteiger partial charge in [0.25, 0.3) is 0 Å². The Labute approximate surface area is 195 Å². The van der Waals surface area contributed by atoms with Crippen LogP contribution in [0.25, 0.3) is 0 Å². The van der Waals surface area contributed by atoms with Gasteiger partial charge >= 0.3 is 6.09 Å². The number of aromatic nitrogens is 2. The average molecular weight is 458 g/mol. The fraction of sp³-hybridized carbons (Fsp3) is 0.542. The van der Waals surface area contributed by atoms with Crippen LogP contribution in [0.4, 0.5) is 10.7 Å². The standard InChI is InChI=1S/C24H32ClN5O2/c1-17-14-29(23-26-13-22(25)19(3)27-23)15-18(2)30(17)24(31)32-21-9-11-28(12-10-21)16-20-7-5-4-6-8-20/h4-8,13,17-18,21H,9-12,14-16H2,1-3H3/t17-,18+. The van der Waals surface area contributed by atoms with Crippen LogP contribution in [0.2, 0.25) is 5.02 Å². The Morgan fingerprint density at radius 1 is 1.12 bits per heavy atom. The molecular weight excluding hydrogens is 426 g/mol. The van der Waals surface area contributed by atoms with Gasteiger partial charge in [-0.25, -0.2) is 14.8 Å². The lowest BCUT2D eigenvalue weighted by atomic mass is 10.1. The van der Waals surface area contributed by atoms with Crippen molar-refractivity contribution in [1.82, 2.24) is 19.8 Å². The number of nitrogens with zero attached hydrogens (tertiary/aromatic N) is 5. The second-order valence-electron chi connectivity index (χ2n) is 8.96. The monoisotopic (exact) mass is 457 g/mol. The zero-order valence-corrected chi connectivity index (χ0v) is 19.8. The maximum absolute atomic E-state index is 13.0. The molecule has 2 fully saturated rings. The van der Waals surface area contributed by atoms with E-state index in [0.717, 1.165) is 38.2 Å². The maximum Gasteiger partial charge on any atom is 0.410 e. The SMILES string of the molecule is Cc1nc(N2C[C@@H](C)N(C(=O)OC3CCN(Cc4ccccc4)CC3)[C@@H](C)C2)ncc1Cl. The Bertz CT molecular complexity index is 908. The molecule has 2 aliphatic heterocycles. The predicted molar refractivity (Wildman–Crippen MR) is 126 cm³/mol. The van der Waals surface area contributed by atoms with E-state index in [4.69, 9.17) is 16.3 Å². The number of piperazine rings is 1. The highest BCUT2D eigenvalue weighted by Gasteiger charge is 2.36. The zero-order chi connectivity index (χ0) is 22.7. The molecule has 0 spiro atoms. The third-order valence-corrected chi connectivity index (χ3v) is 6.74. The van der Waals surface area contributed by atoms with Gasteiger partial charge in [-0.15, -0.1) is 0 Å². The van der Waals surface area contributed by atoms with E-state index in [2.05, 4.69) is 57.9 Å². The summed E-state index contributed by atoms with van der Waals surface area (Å²) in [7, 11) is 0. The summed E-state index contributed by atoms with van der Waals surface area (Å²) in [5, 5.41) is 0.562. The van der Waals surface area contributed by atoms with Gasteiger partial charge < -0.3 is 9.64 Å². The van der Waals surface area contributed by atoms with Crippen LogP contribution in [-0.2, 0) is 11.3 Å². The fourth-order valence-corrected chi connectivity index (χ4v) is 4.76. The van der Waals surface area contributed by atoms with Crippen molar-refractivity contribution in [2.24, 2.45) is 0 Å². The molecule has 172 valence electrons. The van der Waals surface area contributed by atoms with E-state index in [9.17, 15) is 4.79 Å². The molecule has 2 atom stereocenters. The van der Waals surface area contributed by atoms with E-state index < -0.39 is 0 Å². The van der Waals surface area contributed by atoms with Crippen molar-refractivity contribution < 1.29 is 9.53 Å². The first-order valence-electron chi connectivity index (χ1n) is 11.4. The Morgan fingerprint density at radius 2 is 1.78 bits per heavy atom. The molecule has 0 bridgehead atoms. The molecule has 0 N–H and O–H groups in total. The van der Waals surface area contributed by atoms with E-state index >= 15 is 0 Å². The molecule has 1 aromatic carbocycles. The maximum atomic E-state index is 13.0. The molecule has 0 radical (unpaired) electrons. The Hall–Kier alpha value is -2.38. The van der Waals surface area contributed by atoms with Crippen LogP contribution in [0, 0.1) is 6.92 Å². The topological polar surface area (TPSA) is 61.8 Å². The Balaban J connectivity index is 1.29. The molecule has 3 heterocycles. The van der Waals surface area contributed by atoms with E-state index in [1.54, 1.807) is 6.20 Å². The van der Waals surface area contributed by atoms with Crippen molar-refractivity contribution >= 4 is 23.6 Å². The van der Waals surface area contributed by atoms with Crippen LogP contribution in [-0.4, -0.2) is 70.2 Å². The first kappa shape index (κ1) is 22.8. The molecule has 0 unspecified atom stereocenters. The van der Waals surface area contributed by atoms with Crippen molar-refractivity contribution in [1.29, 1.82) is 0 Å². The molecule has 7 nitrogen and oxygen atoms in total. The number of ether oxygens (including phenoxy) is 1. The van der Waals surface area contributed by atoms with Crippen molar-refractivity contribution in [3.05, 3.63) is 52.8 Å². The van der Waals surface area contributed by atoms with E-state index in [1.165, 1.54) is 5.56 Å².